The molecule has 0 aliphatic carbocycles. The highest BCUT2D eigenvalue weighted by molar-refractivity contribution is 7.99. The number of amides is 1. The standard InChI is InChI=1S/C22H16N6O4S/c29-18-9-5-4-8-16(18)21(30)26-23-13-14-10-11-19(17(12-14)28(31)32)33-22-24-20(25-27-22)15-6-2-1-3-7-15/h1-13,29H,(H,26,30)(H,24,25,27)/b23-13-. The van der Waals surface area contributed by atoms with Crippen LogP contribution in [0.15, 0.2) is 87.9 Å². The summed E-state index contributed by atoms with van der Waals surface area (Å²) in [7, 11) is 0. The van der Waals surface area contributed by atoms with Crippen LogP contribution in [0, 0.1) is 10.1 Å². The first kappa shape index (κ1) is 21.7. The van der Waals surface area contributed by atoms with Crippen LogP contribution in [0.4, 0.5) is 5.69 Å². The van der Waals surface area contributed by atoms with Gasteiger partial charge in [-0.3, -0.25) is 20.0 Å². The van der Waals surface area contributed by atoms with Crippen molar-refractivity contribution in [3.63, 3.8) is 0 Å². The molecule has 3 N–H and O–H groups in total. The quantitative estimate of drug-likeness (QED) is 0.215. The molecule has 0 atom stereocenters. The molecule has 1 heterocycles. The van der Waals surface area contributed by atoms with E-state index in [1.165, 1.54) is 24.4 Å². The summed E-state index contributed by atoms with van der Waals surface area (Å²) >= 11 is 1.06. The molecule has 0 fully saturated rings. The lowest BCUT2D eigenvalue weighted by atomic mass is 10.2. The van der Waals surface area contributed by atoms with Crippen LogP contribution in [0.5, 0.6) is 5.75 Å². The summed E-state index contributed by atoms with van der Waals surface area (Å²) in [5.74, 6) is -0.223. The van der Waals surface area contributed by atoms with E-state index in [1.807, 2.05) is 30.3 Å². The van der Waals surface area contributed by atoms with E-state index in [9.17, 15) is 20.0 Å². The van der Waals surface area contributed by atoms with Crippen LogP contribution >= 0.6 is 11.8 Å². The van der Waals surface area contributed by atoms with Crippen molar-refractivity contribution in [2.75, 3.05) is 0 Å². The second-order valence-corrected chi connectivity index (χ2v) is 7.64. The molecule has 0 radical (unpaired) electrons. The van der Waals surface area contributed by atoms with E-state index in [2.05, 4.69) is 25.7 Å². The largest absolute Gasteiger partial charge is 0.507 e. The van der Waals surface area contributed by atoms with Crippen LogP contribution in [0.1, 0.15) is 15.9 Å². The average molecular weight is 460 g/mol. The first-order valence-electron chi connectivity index (χ1n) is 9.57. The SMILES string of the molecule is O=C(N/N=C\c1ccc(Sc2n[nH]c(-c3ccccc3)n2)c([N+](=O)[O-])c1)c1ccccc1O. The molecule has 0 spiro atoms. The van der Waals surface area contributed by atoms with Gasteiger partial charge in [-0.05, 0) is 30.0 Å². The zero-order chi connectivity index (χ0) is 23.2. The molecule has 3 aromatic carbocycles. The topological polar surface area (TPSA) is 146 Å². The molecular formula is C22H16N6O4S. The Kier molecular flexibility index (Phi) is 6.41. The second kappa shape index (κ2) is 9.75. The Morgan fingerprint density at radius 1 is 1.12 bits per heavy atom. The van der Waals surface area contributed by atoms with E-state index in [-0.39, 0.29) is 17.0 Å². The highest BCUT2D eigenvalue weighted by Gasteiger charge is 2.18. The molecule has 33 heavy (non-hydrogen) atoms. The predicted octanol–water partition coefficient (Wildman–Crippen LogP) is 4.00. The molecule has 1 amide bonds. The molecule has 0 bridgehead atoms. The van der Waals surface area contributed by atoms with Gasteiger partial charge in [0.2, 0.25) is 5.16 Å². The molecule has 0 aliphatic heterocycles. The summed E-state index contributed by atoms with van der Waals surface area (Å²) in [6, 6.07) is 19.9. The minimum Gasteiger partial charge on any atom is -0.507 e. The molecule has 0 unspecified atom stereocenters. The smallest absolute Gasteiger partial charge is 0.283 e. The van der Waals surface area contributed by atoms with Gasteiger partial charge in [0.05, 0.1) is 21.6 Å². The maximum atomic E-state index is 12.1. The van der Waals surface area contributed by atoms with Gasteiger partial charge in [0, 0.05) is 17.2 Å². The molecule has 1 aromatic heterocycles. The van der Waals surface area contributed by atoms with Gasteiger partial charge in [0.25, 0.3) is 11.6 Å². The third-order valence-electron chi connectivity index (χ3n) is 4.42. The molecule has 0 aliphatic rings. The number of hydrazone groups is 1. The van der Waals surface area contributed by atoms with Gasteiger partial charge in [0.15, 0.2) is 5.82 Å². The first-order valence-corrected chi connectivity index (χ1v) is 10.4. The van der Waals surface area contributed by atoms with Crippen LogP contribution < -0.4 is 5.43 Å². The third-order valence-corrected chi connectivity index (χ3v) is 5.35. The Morgan fingerprint density at radius 2 is 1.88 bits per heavy atom. The molecule has 0 saturated heterocycles. The zero-order valence-electron chi connectivity index (χ0n) is 16.9. The van der Waals surface area contributed by atoms with Gasteiger partial charge in [0.1, 0.15) is 5.75 Å². The summed E-state index contributed by atoms with van der Waals surface area (Å²) in [5.41, 5.74) is 3.45. The number of H-pyrrole nitrogens is 1. The summed E-state index contributed by atoms with van der Waals surface area (Å²) in [6.07, 6.45) is 1.28. The number of aromatic nitrogens is 3. The van der Waals surface area contributed by atoms with Crippen LogP contribution in [0.2, 0.25) is 0 Å². The van der Waals surface area contributed by atoms with Gasteiger partial charge >= 0.3 is 0 Å². The Bertz CT molecular complexity index is 1340. The molecule has 164 valence electrons. The average Bonchev–Trinajstić information content (AvgIpc) is 3.29. The van der Waals surface area contributed by atoms with Crippen molar-refractivity contribution in [1.82, 2.24) is 20.6 Å². The minimum absolute atomic E-state index is 0.0637. The molecule has 11 heteroatoms. The molecular weight excluding hydrogens is 444 g/mol. The number of benzene rings is 3. The number of nitro groups is 1. The summed E-state index contributed by atoms with van der Waals surface area (Å²) in [6.45, 7) is 0. The van der Waals surface area contributed by atoms with Crippen LogP contribution in [0.3, 0.4) is 0 Å². The second-order valence-electron chi connectivity index (χ2n) is 6.64. The lowest BCUT2D eigenvalue weighted by molar-refractivity contribution is -0.387. The van der Waals surface area contributed by atoms with E-state index >= 15 is 0 Å². The fourth-order valence-electron chi connectivity index (χ4n) is 2.85. The number of aromatic hydroxyl groups is 1. The Morgan fingerprint density at radius 3 is 2.64 bits per heavy atom. The lowest BCUT2D eigenvalue weighted by Crippen LogP contribution is -2.17. The van der Waals surface area contributed by atoms with Crippen molar-refractivity contribution in [1.29, 1.82) is 0 Å². The monoisotopic (exact) mass is 460 g/mol. The number of phenolic OH excluding ortho intramolecular Hbond substituents is 1. The van der Waals surface area contributed by atoms with E-state index in [1.54, 1.807) is 24.3 Å². The van der Waals surface area contributed by atoms with E-state index in [0.717, 1.165) is 17.3 Å². The van der Waals surface area contributed by atoms with E-state index in [4.69, 9.17) is 0 Å². The molecule has 10 nitrogen and oxygen atoms in total. The van der Waals surface area contributed by atoms with Crippen molar-refractivity contribution in [3.05, 3.63) is 94.0 Å². The van der Waals surface area contributed by atoms with Gasteiger partial charge in [-0.25, -0.2) is 10.4 Å². The number of phenols is 1. The molecule has 4 rings (SSSR count). The third kappa shape index (κ3) is 5.22. The summed E-state index contributed by atoms with van der Waals surface area (Å²) in [5, 5.41) is 32.4. The van der Waals surface area contributed by atoms with Gasteiger partial charge in [-0.15, -0.1) is 5.10 Å². The van der Waals surface area contributed by atoms with Crippen LogP contribution in [-0.4, -0.2) is 37.3 Å². The number of hydrogen-bond acceptors (Lipinski definition) is 8. The first-order chi connectivity index (χ1) is 16.0. The van der Waals surface area contributed by atoms with Crippen LogP contribution in [0.25, 0.3) is 11.4 Å². The number of nitro benzene ring substituents is 1. The van der Waals surface area contributed by atoms with Crippen molar-refractivity contribution < 1.29 is 14.8 Å². The maximum absolute atomic E-state index is 12.1. The van der Waals surface area contributed by atoms with E-state index < -0.39 is 10.8 Å². The number of para-hydroxylation sites is 1. The van der Waals surface area contributed by atoms with Crippen molar-refractivity contribution in [3.8, 4) is 17.1 Å². The zero-order valence-corrected chi connectivity index (χ0v) is 17.7. The van der Waals surface area contributed by atoms with E-state index in [0.29, 0.717) is 21.4 Å². The number of nitrogens with zero attached hydrogens (tertiary/aromatic N) is 4. The summed E-state index contributed by atoms with van der Waals surface area (Å²) < 4.78 is 0. The number of rotatable bonds is 7. The van der Waals surface area contributed by atoms with Crippen molar-refractivity contribution >= 4 is 29.6 Å². The fourth-order valence-corrected chi connectivity index (χ4v) is 3.65. The van der Waals surface area contributed by atoms with Gasteiger partial charge in [-0.1, -0.05) is 48.5 Å². The normalized spacial score (nSPS) is 10.9. The number of aromatic amines is 1. The predicted molar refractivity (Wildman–Crippen MR) is 122 cm³/mol. The lowest BCUT2D eigenvalue weighted by Gasteiger charge is -2.03. The number of carbonyl (C=O) groups excluding carboxylic acids is 1. The number of hydrogen-bond donors (Lipinski definition) is 3. The van der Waals surface area contributed by atoms with Gasteiger partial charge in [-0.2, -0.15) is 5.10 Å². The Balaban J connectivity index is 1.48. The van der Waals surface area contributed by atoms with Gasteiger partial charge < -0.3 is 5.11 Å². The molecule has 4 aromatic rings. The molecule has 0 saturated carbocycles. The Hall–Kier alpha value is -4.51. The van der Waals surface area contributed by atoms with Crippen molar-refractivity contribution in [2.24, 2.45) is 5.10 Å². The maximum Gasteiger partial charge on any atom is 0.283 e. The van der Waals surface area contributed by atoms with Crippen LogP contribution in [-0.2, 0) is 0 Å². The van der Waals surface area contributed by atoms with Crippen molar-refractivity contribution in [2.45, 2.75) is 10.1 Å². The minimum atomic E-state index is -0.607. The number of nitrogens with one attached hydrogen (secondary N) is 2. The Labute approximate surface area is 191 Å². The summed E-state index contributed by atoms with van der Waals surface area (Å²) in [4.78, 5) is 27.9. The highest BCUT2D eigenvalue weighted by Crippen LogP contribution is 2.34. The highest BCUT2D eigenvalue weighted by atomic mass is 32.2. The fraction of sp³-hybridized carbons (Fsp3) is 0. The number of carbonyl (C=O) groups is 1.